The van der Waals surface area contributed by atoms with Gasteiger partial charge in [0.2, 0.25) is 0 Å². The molecule has 8 nitrogen and oxygen atoms in total. The minimum absolute atomic E-state index is 0.119. The SMILES string of the molecule is Cn1cnc2cc(-c3ccc(N4CCC(C)(O)CC4)cc3)nc(NC3CCOC3)c2c1=O. The monoisotopic (exact) mass is 435 g/mol. The van der Waals surface area contributed by atoms with Crippen molar-refractivity contribution in [2.24, 2.45) is 7.05 Å². The highest BCUT2D eigenvalue weighted by Gasteiger charge is 2.27. The van der Waals surface area contributed by atoms with Gasteiger partial charge in [0.05, 0.1) is 35.8 Å². The van der Waals surface area contributed by atoms with Gasteiger partial charge in [-0.1, -0.05) is 12.1 Å². The number of hydrogen-bond acceptors (Lipinski definition) is 7. The van der Waals surface area contributed by atoms with E-state index in [0.29, 0.717) is 29.9 Å². The fraction of sp³-hybridized carbons (Fsp3) is 0.458. The van der Waals surface area contributed by atoms with E-state index in [0.717, 1.165) is 49.3 Å². The maximum Gasteiger partial charge on any atom is 0.264 e. The van der Waals surface area contributed by atoms with Crippen molar-refractivity contribution < 1.29 is 9.84 Å². The van der Waals surface area contributed by atoms with Crippen LogP contribution < -0.4 is 15.8 Å². The molecule has 8 heteroatoms. The first-order chi connectivity index (χ1) is 15.4. The molecule has 2 aliphatic rings. The Morgan fingerprint density at radius 1 is 1.22 bits per heavy atom. The van der Waals surface area contributed by atoms with Gasteiger partial charge in [-0.25, -0.2) is 9.97 Å². The molecule has 4 heterocycles. The van der Waals surface area contributed by atoms with Crippen LogP contribution in [-0.4, -0.2) is 57.6 Å². The van der Waals surface area contributed by atoms with E-state index in [2.05, 4.69) is 39.5 Å². The molecule has 2 aromatic heterocycles. The summed E-state index contributed by atoms with van der Waals surface area (Å²) >= 11 is 0. The molecule has 0 bridgehead atoms. The van der Waals surface area contributed by atoms with E-state index in [1.54, 1.807) is 13.4 Å². The number of aliphatic hydroxyl groups is 1. The van der Waals surface area contributed by atoms with Crippen LogP contribution in [0.15, 0.2) is 41.5 Å². The van der Waals surface area contributed by atoms with Gasteiger partial charge in [-0.15, -0.1) is 0 Å². The molecule has 0 amide bonds. The van der Waals surface area contributed by atoms with Crippen molar-refractivity contribution in [3.63, 3.8) is 0 Å². The van der Waals surface area contributed by atoms with Crippen LogP contribution in [-0.2, 0) is 11.8 Å². The highest BCUT2D eigenvalue weighted by atomic mass is 16.5. The number of nitrogens with zero attached hydrogens (tertiary/aromatic N) is 4. The highest BCUT2D eigenvalue weighted by Crippen LogP contribution is 2.30. The lowest BCUT2D eigenvalue weighted by atomic mass is 9.93. The quantitative estimate of drug-likeness (QED) is 0.651. The number of piperidine rings is 1. The lowest BCUT2D eigenvalue weighted by molar-refractivity contribution is 0.0351. The molecular formula is C24H29N5O3. The minimum atomic E-state index is -0.566. The second-order valence-electron chi connectivity index (χ2n) is 9.15. The predicted octanol–water partition coefficient (Wildman–Crippen LogP) is 2.55. The van der Waals surface area contributed by atoms with E-state index in [4.69, 9.17) is 9.72 Å². The predicted molar refractivity (Wildman–Crippen MR) is 125 cm³/mol. The number of fused-ring (bicyclic) bond motifs is 1. The summed E-state index contributed by atoms with van der Waals surface area (Å²) in [7, 11) is 1.70. The molecule has 32 heavy (non-hydrogen) atoms. The maximum atomic E-state index is 12.8. The molecular weight excluding hydrogens is 406 g/mol. The number of rotatable bonds is 4. The van der Waals surface area contributed by atoms with E-state index in [1.807, 2.05) is 13.0 Å². The smallest absolute Gasteiger partial charge is 0.264 e. The van der Waals surface area contributed by atoms with Crippen molar-refractivity contribution in [2.75, 3.05) is 36.5 Å². The van der Waals surface area contributed by atoms with Crippen LogP contribution in [0.4, 0.5) is 11.5 Å². The normalized spacial score (nSPS) is 20.6. The van der Waals surface area contributed by atoms with Gasteiger partial charge in [-0.2, -0.15) is 0 Å². The fourth-order valence-corrected chi connectivity index (χ4v) is 4.41. The second kappa shape index (κ2) is 8.18. The molecule has 0 aliphatic carbocycles. The summed E-state index contributed by atoms with van der Waals surface area (Å²) in [5.74, 6) is 0.559. The third-order valence-corrected chi connectivity index (χ3v) is 6.54. The number of benzene rings is 1. The number of aryl methyl sites for hydroxylation is 1. The Morgan fingerprint density at radius 3 is 2.66 bits per heavy atom. The molecule has 0 saturated carbocycles. The van der Waals surface area contributed by atoms with Gasteiger partial charge in [0, 0.05) is 38.0 Å². The first-order valence-electron chi connectivity index (χ1n) is 11.2. The van der Waals surface area contributed by atoms with Gasteiger partial charge in [0.1, 0.15) is 11.2 Å². The molecule has 5 rings (SSSR count). The largest absolute Gasteiger partial charge is 0.390 e. The third-order valence-electron chi connectivity index (χ3n) is 6.54. The average molecular weight is 436 g/mol. The lowest BCUT2D eigenvalue weighted by Crippen LogP contribution is -2.42. The Bertz CT molecular complexity index is 1170. The summed E-state index contributed by atoms with van der Waals surface area (Å²) in [6.07, 6.45) is 3.96. The van der Waals surface area contributed by atoms with Gasteiger partial charge >= 0.3 is 0 Å². The molecule has 2 saturated heterocycles. The van der Waals surface area contributed by atoms with E-state index < -0.39 is 5.60 Å². The summed E-state index contributed by atoms with van der Waals surface area (Å²) in [5.41, 5.74) is 2.82. The third kappa shape index (κ3) is 4.08. The number of pyridine rings is 1. The molecule has 2 fully saturated rings. The topological polar surface area (TPSA) is 92.5 Å². The van der Waals surface area contributed by atoms with Crippen LogP contribution in [0, 0.1) is 0 Å². The number of nitrogens with one attached hydrogen (secondary N) is 1. The van der Waals surface area contributed by atoms with Crippen molar-refractivity contribution >= 4 is 22.4 Å². The van der Waals surface area contributed by atoms with E-state index in [9.17, 15) is 9.90 Å². The minimum Gasteiger partial charge on any atom is -0.390 e. The Morgan fingerprint density at radius 2 is 1.97 bits per heavy atom. The van der Waals surface area contributed by atoms with Crippen molar-refractivity contribution in [3.05, 3.63) is 47.0 Å². The van der Waals surface area contributed by atoms with Gasteiger partial charge in [0.15, 0.2) is 0 Å². The zero-order chi connectivity index (χ0) is 22.3. The van der Waals surface area contributed by atoms with Crippen molar-refractivity contribution in [2.45, 2.75) is 37.8 Å². The first-order valence-corrected chi connectivity index (χ1v) is 11.2. The van der Waals surface area contributed by atoms with Gasteiger partial charge in [0.25, 0.3) is 5.56 Å². The summed E-state index contributed by atoms with van der Waals surface area (Å²) in [6.45, 7) is 4.89. The molecule has 1 unspecified atom stereocenters. The molecule has 2 N–H and O–H groups in total. The summed E-state index contributed by atoms with van der Waals surface area (Å²) < 4.78 is 6.96. The molecule has 3 aromatic rings. The van der Waals surface area contributed by atoms with Crippen LogP contribution in [0.2, 0.25) is 0 Å². The molecule has 168 valence electrons. The van der Waals surface area contributed by atoms with Crippen molar-refractivity contribution in [3.8, 4) is 11.3 Å². The van der Waals surface area contributed by atoms with Crippen LogP contribution in [0.3, 0.4) is 0 Å². The van der Waals surface area contributed by atoms with Crippen LogP contribution >= 0.6 is 0 Å². The number of aromatic nitrogens is 3. The Hall–Kier alpha value is -2.97. The zero-order valence-corrected chi connectivity index (χ0v) is 18.5. The first kappa shape index (κ1) is 20.9. The fourth-order valence-electron chi connectivity index (χ4n) is 4.41. The molecule has 2 aliphatic heterocycles. The molecule has 0 spiro atoms. The highest BCUT2D eigenvalue weighted by molar-refractivity contribution is 5.91. The Labute approximate surface area is 186 Å². The van der Waals surface area contributed by atoms with E-state index in [-0.39, 0.29) is 11.6 Å². The lowest BCUT2D eigenvalue weighted by Gasteiger charge is -2.37. The standard InChI is InChI=1S/C24H29N5O3/c1-24(31)8-10-29(11-9-24)18-5-3-16(4-6-18)19-13-20-21(23(30)28(2)15-25-20)22(27-19)26-17-7-12-32-14-17/h3-6,13,15,17,31H,7-12,14H2,1-2H3,(H,26,27). The van der Waals surface area contributed by atoms with Crippen LogP contribution in [0.1, 0.15) is 26.2 Å². The maximum absolute atomic E-state index is 12.8. The number of ether oxygens (including phenoxy) is 1. The summed E-state index contributed by atoms with van der Waals surface area (Å²) in [5, 5.41) is 14.1. The Kier molecular flexibility index (Phi) is 5.35. The molecule has 1 atom stereocenters. The number of anilines is 2. The summed E-state index contributed by atoms with van der Waals surface area (Å²) in [4.78, 5) is 24.4. The Balaban J connectivity index is 1.48. The second-order valence-corrected chi connectivity index (χ2v) is 9.15. The van der Waals surface area contributed by atoms with Crippen molar-refractivity contribution in [1.29, 1.82) is 0 Å². The molecule has 1 aromatic carbocycles. The van der Waals surface area contributed by atoms with E-state index in [1.165, 1.54) is 4.57 Å². The zero-order valence-electron chi connectivity index (χ0n) is 18.5. The average Bonchev–Trinajstić information content (AvgIpc) is 3.29. The van der Waals surface area contributed by atoms with Crippen LogP contribution in [0.5, 0.6) is 0 Å². The van der Waals surface area contributed by atoms with Gasteiger partial charge < -0.3 is 24.6 Å². The van der Waals surface area contributed by atoms with Gasteiger partial charge in [-0.3, -0.25) is 4.79 Å². The summed E-state index contributed by atoms with van der Waals surface area (Å²) in [6, 6.07) is 10.3. The van der Waals surface area contributed by atoms with Crippen LogP contribution in [0.25, 0.3) is 22.2 Å². The van der Waals surface area contributed by atoms with Gasteiger partial charge in [-0.05, 0) is 44.4 Å². The number of hydrogen-bond donors (Lipinski definition) is 2. The molecule has 0 radical (unpaired) electrons. The van der Waals surface area contributed by atoms with Crippen molar-refractivity contribution in [1.82, 2.24) is 14.5 Å². The van der Waals surface area contributed by atoms with E-state index >= 15 is 0 Å².